The molecule has 41 heteroatoms. The van der Waals surface area contributed by atoms with E-state index in [9.17, 15) is 102 Å². The molecule has 0 unspecified atom stereocenters. The first-order chi connectivity index (χ1) is 50.4. The van der Waals surface area contributed by atoms with Crippen LogP contribution in [-0.4, -0.2) is 249 Å². The van der Waals surface area contributed by atoms with Crippen molar-refractivity contribution in [1.82, 2.24) is 84.4 Å². The number of carboxylic acid groups (broad SMARTS) is 2. The van der Waals surface area contributed by atoms with Crippen LogP contribution in [0.25, 0.3) is 0 Å². The molecule has 2 aromatic rings. The molecule has 107 heavy (non-hydrogen) atoms. The van der Waals surface area contributed by atoms with Gasteiger partial charge in [0, 0.05) is 31.2 Å². The number of hydrogen-bond donors (Lipinski definition) is 23. The zero-order valence-corrected chi connectivity index (χ0v) is 60.9. The Labute approximate surface area is 617 Å². The van der Waals surface area contributed by atoms with Gasteiger partial charge in [0.2, 0.25) is 88.6 Å². The number of benzene rings is 1. The number of carbonyl (C=O) groups is 17. The van der Waals surface area contributed by atoms with E-state index in [1.54, 1.807) is 44.2 Å². The van der Waals surface area contributed by atoms with Crippen molar-refractivity contribution in [1.29, 1.82) is 0 Å². The standard InChI is InChI=1S/C66H106N20O21/c1-33(2)23-47(66(106)107)84-65(105)54(37(7)88)86-51(92)30-74-60(100)43(19-20-48(70)89)79-55(95)36(6)77-61(101)46(26-52(93)94)83-64(104)53(34(3)4)85-50(91)29-73-59(99)41(17-11-13-21-67)80-62(102)44(24-38-15-9-8-10-16-38)78-49(90)28-72-58(98)42(18-12-14-22-68)81-63(103)45(25-39-27-71-32-75-39)82-56(96)35(5)76-57(97)40(69)31-87/h8-10,15-16,27,32-37,40-47,53-54,87-88H,11-14,17-26,28-31,67-69H2,1-7H3,(H2,70,89)(H,71,75)(H,72,98)(H,73,99)(H,74,100)(H,76,97)(H,77,101)(H,78,90)(H,79,95)(H,80,102)(H,81,103)(H,82,96)(H,83,104)(H,84,105)(H,85,91)(H,86,92)(H,93,94)(H,106,107)/t35-,36-,37+,40-,41-,42-,43-,44-,45-,46-,47-,53-,54-/m0/s1. The maximum atomic E-state index is 14.3. The maximum absolute atomic E-state index is 14.3. The van der Waals surface area contributed by atoms with E-state index in [4.69, 9.17) is 22.9 Å². The molecule has 0 saturated heterocycles. The molecule has 1 aromatic carbocycles. The van der Waals surface area contributed by atoms with E-state index < -0.39 is 231 Å². The fourth-order valence-electron chi connectivity index (χ4n) is 10.1. The molecule has 0 aliphatic carbocycles. The van der Waals surface area contributed by atoms with Gasteiger partial charge >= 0.3 is 11.9 Å². The Hall–Kier alpha value is -10.8. The van der Waals surface area contributed by atoms with E-state index in [1.807, 2.05) is 0 Å². The second-order valence-electron chi connectivity index (χ2n) is 26.1. The molecule has 0 aliphatic heterocycles. The number of imidazole rings is 1. The molecule has 13 atom stereocenters. The molecule has 27 N–H and O–H groups in total. The topological polar surface area (TPSA) is 672 Å². The van der Waals surface area contributed by atoms with E-state index in [1.165, 1.54) is 33.3 Å². The number of H-pyrrole nitrogens is 1. The van der Waals surface area contributed by atoms with Gasteiger partial charge in [0.05, 0.1) is 45.1 Å². The van der Waals surface area contributed by atoms with Gasteiger partial charge in [-0.2, -0.15) is 0 Å². The number of hydrogen-bond acceptors (Lipinski definition) is 23. The molecule has 0 spiro atoms. The van der Waals surface area contributed by atoms with Gasteiger partial charge in [0.15, 0.2) is 0 Å². The van der Waals surface area contributed by atoms with Crippen LogP contribution in [0.3, 0.4) is 0 Å². The number of aromatic nitrogens is 2. The zero-order chi connectivity index (χ0) is 80.6. The first-order valence-corrected chi connectivity index (χ1v) is 34.7. The normalized spacial score (nSPS) is 14.7. The van der Waals surface area contributed by atoms with Crippen LogP contribution < -0.4 is 97.4 Å². The van der Waals surface area contributed by atoms with Gasteiger partial charge in [-0.3, -0.25) is 76.7 Å². The number of amides is 15. The molecule has 0 radical (unpaired) electrons. The van der Waals surface area contributed by atoms with Crippen molar-refractivity contribution in [3.05, 3.63) is 54.1 Å². The number of nitrogens with one attached hydrogen (secondary N) is 15. The van der Waals surface area contributed by atoms with Crippen molar-refractivity contribution in [2.24, 2.45) is 34.8 Å². The summed E-state index contributed by atoms with van der Waals surface area (Å²) in [5, 5.41) is 72.1. The van der Waals surface area contributed by atoms with E-state index in [-0.39, 0.29) is 57.5 Å². The average molecular weight is 1520 g/mol. The number of carbonyl (C=O) groups excluding carboxylic acids is 15. The number of rotatable bonds is 51. The fraction of sp³-hybridized carbons (Fsp3) is 0.606. The number of nitrogens with two attached hydrogens (primary N) is 4. The average Bonchev–Trinajstić information content (AvgIpc) is 1.75. The van der Waals surface area contributed by atoms with Gasteiger partial charge in [-0.15, -0.1) is 0 Å². The largest absolute Gasteiger partial charge is 0.481 e. The third-order valence-corrected chi connectivity index (χ3v) is 16.0. The molecule has 1 heterocycles. The predicted octanol–water partition coefficient (Wildman–Crippen LogP) is -8.60. The number of aliphatic carboxylic acids is 2. The van der Waals surface area contributed by atoms with Crippen LogP contribution in [-0.2, 0) is 94.3 Å². The maximum Gasteiger partial charge on any atom is 0.326 e. The van der Waals surface area contributed by atoms with Gasteiger partial charge in [-0.25, -0.2) is 9.78 Å². The van der Waals surface area contributed by atoms with Crippen molar-refractivity contribution in [3.63, 3.8) is 0 Å². The highest BCUT2D eigenvalue weighted by Gasteiger charge is 2.36. The summed E-state index contributed by atoms with van der Waals surface area (Å²) in [6, 6.07) is -9.50. The SMILES string of the molecule is CC(C)C[C@H](NC(=O)[C@@H](NC(=O)CNC(=O)[C@H](CCC(N)=O)NC(=O)[C@H](C)NC(=O)[C@H](CC(=O)O)NC(=O)[C@@H](NC(=O)CNC(=O)[C@H](CCCCN)NC(=O)[C@H](Cc1ccccc1)NC(=O)CNC(=O)[C@H](CCCCN)NC(=O)[C@H](Cc1cnc[nH]1)NC(=O)[C@H](C)NC(=O)[C@@H](N)CO)C(C)C)[C@@H](C)O)C(=O)O. The second kappa shape index (κ2) is 48.4. The Morgan fingerprint density at radius 3 is 1.35 bits per heavy atom. The van der Waals surface area contributed by atoms with Crippen LogP contribution in [0.1, 0.15) is 124 Å². The smallest absolute Gasteiger partial charge is 0.326 e. The highest BCUT2D eigenvalue weighted by molar-refractivity contribution is 6.00. The lowest BCUT2D eigenvalue weighted by molar-refractivity contribution is -0.143. The van der Waals surface area contributed by atoms with E-state index in [2.05, 4.69) is 84.4 Å². The van der Waals surface area contributed by atoms with Crippen LogP contribution >= 0.6 is 0 Å². The number of primary amides is 1. The summed E-state index contributed by atoms with van der Waals surface area (Å²) in [7, 11) is 0. The first-order valence-electron chi connectivity index (χ1n) is 34.7. The molecule has 0 bridgehead atoms. The zero-order valence-electron chi connectivity index (χ0n) is 60.9. The van der Waals surface area contributed by atoms with Gasteiger partial charge in [-0.1, -0.05) is 58.0 Å². The Kier molecular flexibility index (Phi) is 41.7. The number of unbranched alkanes of at least 4 members (excludes halogenated alkanes) is 2. The summed E-state index contributed by atoms with van der Waals surface area (Å²) in [5.41, 5.74) is 23.3. The second-order valence-corrected chi connectivity index (χ2v) is 26.1. The quantitative estimate of drug-likeness (QED) is 0.0274. The Morgan fingerprint density at radius 2 is 0.907 bits per heavy atom. The number of carboxylic acids is 2. The molecular weight excluding hydrogens is 1410 g/mol. The molecule has 0 saturated carbocycles. The Balaban J connectivity index is 2.25. The molecule has 41 nitrogen and oxygen atoms in total. The van der Waals surface area contributed by atoms with Crippen molar-refractivity contribution in [2.75, 3.05) is 39.3 Å². The van der Waals surface area contributed by atoms with Gasteiger partial charge in [-0.05, 0) is 103 Å². The minimum Gasteiger partial charge on any atom is -0.481 e. The molecule has 0 aliphatic rings. The minimum atomic E-state index is -1.94. The lowest BCUT2D eigenvalue weighted by Gasteiger charge is -2.26. The van der Waals surface area contributed by atoms with Crippen molar-refractivity contribution in [3.8, 4) is 0 Å². The van der Waals surface area contributed by atoms with Crippen molar-refractivity contribution < 1.29 is 102 Å². The molecule has 0 fully saturated rings. The van der Waals surface area contributed by atoms with Crippen molar-refractivity contribution >= 4 is 101 Å². The summed E-state index contributed by atoms with van der Waals surface area (Å²) in [6.07, 6.45) is 0.132. The Bertz CT molecular complexity index is 3330. The van der Waals surface area contributed by atoms with Crippen LogP contribution in [0.2, 0.25) is 0 Å². The monoisotopic (exact) mass is 1510 g/mol. The van der Waals surface area contributed by atoms with Crippen LogP contribution in [0.5, 0.6) is 0 Å². The summed E-state index contributed by atoms with van der Waals surface area (Å²) in [5.74, 6) is -18.6. The van der Waals surface area contributed by atoms with Gasteiger partial charge < -0.3 is 123 Å². The lowest BCUT2D eigenvalue weighted by atomic mass is 10.0. The van der Waals surface area contributed by atoms with Crippen LogP contribution in [0, 0.1) is 11.8 Å². The van der Waals surface area contributed by atoms with Crippen molar-refractivity contribution in [2.45, 2.75) is 204 Å². The van der Waals surface area contributed by atoms with E-state index in [0.29, 0.717) is 30.5 Å². The minimum absolute atomic E-state index is 0.00599. The number of aliphatic hydroxyl groups excluding tert-OH is 2. The first kappa shape index (κ1) is 92.3. The van der Waals surface area contributed by atoms with Gasteiger partial charge in [0.25, 0.3) is 0 Å². The summed E-state index contributed by atoms with van der Waals surface area (Å²) >= 11 is 0. The molecule has 596 valence electrons. The lowest BCUT2D eigenvalue weighted by Crippen LogP contribution is -2.59. The summed E-state index contributed by atoms with van der Waals surface area (Å²) in [6.45, 7) is 7.14. The predicted molar refractivity (Wildman–Crippen MR) is 379 cm³/mol. The molecular formula is C66H106N20O21. The Morgan fingerprint density at radius 1 is 0.477 bits per heavy atom. The fourth-order valence-corrected chi connectivity index (χ4v) is 10.1. The molecule has 2 rings (SSSR count). The number of aromatic amines is 1. The highest BCUT2D eigenvalue weighted by atomic mass is 16.4. The highest BCUT2D eigenvalue weighted by Crippen LogP contribution is 2.12. The summed E-state index contributed by atoms with van der Waals surface area (Å²) < 4.78 is 0. The summed E-state index contributed by atoms with van der Waals surface area (Å²) in [4.78, 5) is 232. The molecule has 15 amide bonds. The van der Waals surface area contributed by atoms with Crippen LogP contribution in [0.15, 0.2) is 42.9 Å². The third kappa shape index (κ3) is 35.7. The number of aliphatic hydroxyl groups is 2. The van der Waals surface area contributed by atoms with E-state index >= 15 is 0 Å². The third-order valence-electron chi connectivity index (χ3n) is 16.0. The van der Waals surface area contributed by atoms with Gasteiger partial charge in [0.1, 0.15) is 72.5 Å². The van der Waals surface area contributed by atoms with Crippen LogP contribution in [0.4, 0.5) is 0 Å². The van der Waals surface area contributed by atoms with E-state index in [0.717, 1.165) is 13.8 Å². The molecule has 1 aromatic heterocycles. The number of nitrogens with zero attached hydrogens (tertiary/aromatic N) is 1.